The van der Waals surface area contributed by atoms with Crippen LogP contribution in [0.25, 0.3) is 0 Å². The zero-order chi connectivity index (χ0) is 17.0. The van der Waals surface area contributed by atoms with Crippen molar-refractivity contribution >= 4 is 17.9 Å². The van der Waals surface area contributed by atoms with Crippen molar-refractivity contribution in [2.45, 2.75) is 45.3 Å². The molecule has 0 saturated carbocycles. The van der Waals surface area contributed by atoms with E-state index in [9.17, 15) is 14.4 Å². The van der Waals surface area contributed by atoms with E-state index < -0.39 is 29.6 Å². The lowest BCUT2D eigenvalue weighted by Gasteiger charge is -2.27. The van der Waals surface area contributed by atoms with Crippen molar-refractivity contribution in [2.24, 2.45) is 0 Å². The van der Waals surface area contributed by atoms with Gasteiger partial charge in [-0.1, -0.05) is 0 Å². The quantitative estimate of drug-likeness (QED) is 0.802. The van der Waals surface area contributed by atoms with Crippen LogP contribution in [0.1, 0.15) is 44.2 Å². The van der Waals surface area contributed by atoms with Crippen LogP contribution < -0.4 is 10.9 Å². The van der Waals surface area contributed by atoms with Crippen LogP contribution >= 0.6 is 0 Å². The number of nitrogens with one attached hydrogen (secondary N) is 2. The van der Waals surface area contributed by atoms with E-state index in [1.807, 2.05) is 0 Å². The fourth-order valence-electron chi connectivity index (χ4n) is 2.25. The molecule has 1 saturated heterocycles. The first-order valence-electron chi connectivity index (χ1n) is 7.41. The summed E-state index contributed by atoms with van der Waals surface area (Å²) in [5.74, 6) is -0.945. The molecule has 8 heteroatoms. The summed E-state index contributed by atoms with van der Waals surface area (Å²) >= 11 is 0. The van der Waals surface area contributed by atoms with Crippen LogP contribution in [-0.4, -0.2) is 41.0 Å². The first kappa shape index (κ1) is 16.9. The Hall–Kier alpha value is -2.51. The first-order chi connectivity index (χ1) is 10.8. The van der Waals surface area contributed by atoms with E-state index in [1.165, 1.54) is 17.2 Å². The summed E-state index contributed by atoms with van der Waals surface area (Å²) in [7, 11) is 0. The molecule has 3 amide bonds. The van der Waals surface area contributed by atoms with Gasteiger partial charge in [0.1, 0.15) is 11.6 Å². The molecule has 126 valence electrons. The number of amides is 3. The summed E-state index contributed by atoms with van der Waals surface area (Å²) in [6, 6.07) is 2.38. The summed E-state index contributed by atoms with van der Waals surface area (Å²) in [4.78, 5) is 37.4. The Kier molecular flexibility index (Phi) is 4.92. The van der Waals surface area contributed by atoms with E-state index >= 15 is 0 Å². The van der Waals surface area contributed by atoms with Crippen molar-refractivity contribution in [3.05, 3.63) is 24.2 Å². The molecule has 0 spiro atoms. The molecule has 0 bridgehead atoms. The van der Waals surface area contributed by atoms with E-state index in [2.05, 4.69) is 10.9 Å². The highest BCUT2D eigenvalue weighted by Crippen LogP contribution is 2.20. The molecule has 1 aromatic rings. The van der Waals surface area contributed by atoms with Crippen molar-refractivity contribution in [3.8, 4) is 0 Å². The van der Waals surface area contributed by atoms with Gasteiger partial charge in [0.2, 0.25) is 0 Å². The number of likely N-dealkylation sites (tertiary alicyclic amines) is 1. The molecule has 1 aromatic heterocycles. The van der Waals surface area contributed by atoms with Crippen LogP contribution in [0.2, 0.25) is 0 Å². The maximum Gasteiger partial charge on any atom is 0.410 e. The Morgan fingerprint density at radius 2 is 2.04 bits per heavy atom. The van der Waals surface area contributed by atoms with Crippen molar-refractivity contribution in [2.75, 3.05) is 6.54 Å². The Morgan fingerprint density at radius 3 is 2.65 bits per heavy atom. The number of hydrogen-bond donors (Lipinski definition) is 2. The minimum absolute atomic E-state index is 0.0840. The third-order valence-corrected chi connectivity index (χ3v) is 3.23. The topological polar surface area (TPSA) is 101 Å². The number of hydrogen-bond acceptors (Lipinski definition) is 5. The molecule has 2 heterocycles. The summed E-state index contributed by atoms with van der Waals surface area (Å²) < 4.78 is 10.2. The first-order valence-corrected chi connectivity index (χ1v) is 7.41. The summed E-state index contributed by atoms with van der Waals surface area (Å²) in [5, 5.41) is 0. The normalized spacial score (nSPS) is 17.7. The maximum atomic E-state index is 12.2. The second-order valence-corrected chi connectivity index (χ2v) is 6.25. The predicted molar refractivity (Wildman–Crippen MR) is 80.3 cm³/mol. The van der Waals surface area contributed by atoms with E-state index in [1.54, 1.807) is 26.8 Å². The smallest absolute Gasteiger partial charge is 0.410 e. The number of carbonyl (C=O) groups excluding carboxylic acids is 3. The minimum Gasteiger partial charge on any atom is -0.459 e. The van der Waals surface area contributed by atoms with Gasteiger partial charge in [-0.2, -0.15) is 0 Å². The Balaban J connectivity index is 1.90. The number of carbonyl (C=O) groups is 3. The van der Waals surface area contributed by atoms with Gasteiger partial charge < -0.3 is 9.15 Å². The Labute approximate surface area is 134 Å². The second-order valence-electron chi connectivity index (χ2n) is 6.25. The number of furan rings is 1. The fraction of sp³-hybridized carbons (Fsp3) is 0.533. The molecule has 23 heavy (non-hydrogen) atoms. The van der Waals surface area contributed by atoms with E-state index in [0.29, 0.717) is 19.4 Å². The van der Waals surface area contributed by atoms with Gasteiger partial charge in [-0.3, -0.25) is 25.3 Å². The second kappa shape index (κ2) is 6.72. The number of nitrogens with zero attached hydrogens (tertiary/aromatic N) is 1. The highest BCUT2D eigenvalue weighted by Gasteiger charge is 2.36. The molecule has 0 aliphatic carbocycles. The lowest BCUT2D eigenvalue weighted by atomic mass is 10.2. The molecule has 0 aromatic carbocycles. The van der Waals surface area contributed by atoms with Crippen LogP contribution in [-0.2, 0) is 9.53 Å². The zero-order valence-electron chi connectivity index (χ0n) is 13.4. The Bertz CT molecular complexity index is 576. The molecule has 8 nitrogen and oxygen atoms in total. The molecule has 1 fully saturated rings. The third-order valence-electron chi connectivity index (χ3n) is 3.23. The van der Waals surface area contributed by atoms with E-state index in [-0.39, 0.29) is 5.76 Å². The molecule has 1 aliphatic heterocycles. The molecule has 1 aliphatic rings. The predicted octanol–water partition coefficient (Wildman–Crippen LogP) is 1.44. The van der Waals surface area contributed by atoms with Crippen LogP contribution in [0, 0.1) is 0 Å². The number of ether oxygens (including phenoxy) is 1. The van der Waals surface area contributed by atoms with Gasteiger partial charge >= 0.3 is 12.0 Å². The lowest BCUT2D eigenvalue weighted by molar-refractivity contribution is -0.126. The van der Waals surface area contributed by atoms with Crippen molar-refractivity contribution in [1.82, 2.24) is 15.8 Å². The molecule has 2 N–H and O–H groups in total. The van der Waals surface area contributed by atoms with Crippen LogP contribution in [0.15, 0.2) is 22.8 Å². The van der Waals surface area contributed by atoms with Crippen LogP contribution in [0.5, 0.6) is 0 Å². The largest absolute Gasteiger partial charge is 0.459 e. The third kappa shape index (κ3) is 4.48. The zero-order valence-corrected chi connectivity index (χ0v) is 13.4. The molecule has 2 rings (SSSR count). The average Bonchev–Trinajstić information content (AvgIpc) is 3.12. The average molecular weight is 323 g/mol. The monoisotopic (exact) mass is 323 g/mol. The maximum absolute atomic E-state index is 12.2. The summed E-state index contributed by atoms with van der Waals surface area (Å²) in [6.07, 6.45) is 2.04. The van der Waals surface area contributed by atoms with Gasteiger partial charge in [0, 0.05) is 6.54 Å². The minimum atomic E-state index is -0.665. The van der Waals surface area contributed by atoms with Crippen molar-refractivity contribution < 1.29 is 23.5 Å². The van der Waals surface area contributed by atoms with Crippen molar-refractivity contribution in [3.63, 3.8) is 0 Å². The van der Waals surface area contributed by atoms with E-state index in [4.69, 9.17) is 9.15 Å². The summed E-state index contributed by atoms with van der Waals surface area (Å²) in [5.41, 5.74) is 3.94. The van der Waals surface area contributed by atoms with E-state index in [0.717, 1.165) is 0 Å². The van der Waals surface area contributed by atoms with Gasteiger partial charge in [0.05, 0.1) is 6.26 Å². The Morgan fingerprint density at radius 1 is 1.30 bits per heavy atom. The van der Waals surface area contributed by atoms with Gasteiger partial charge in [0.15, 0.2) is 5.76 Å². The van der Waals surface area contributed by atoms with Crippen LogP contribution in [0.4, 0.5) is 4.79 Å². The van der Waals surface area contributed by atoms with Gasteiger partial charge in [-0.05, 0) is 45.7 Å². The SMILES string of the molecule is CC(C)(C)OC(=O)N1CCC[C@@H]1C(=O)NNC(=O)c1ccco1. The molecule has 0 unspecified atom stereocenters. The standard InChI is InChI=1S/C15H21N3O5/c1-15(2,3)23-14(21)18-8-4-6-10(18)12(19)16-17-13(20)11-7-5-9-22-11/h5,7,9-10H,4,6,8H2,1-3H3,(H,16,19)(H,17,20)/t10-/m1/s1. The summed E-state index contributed by atoms with van der Waals surface area (Å²) in [6.45, 7) is 5.73. The number of rotatable bonds is 2. The van der Waals surface area contributed by atoms with Crippen molar-refractivity contribution in [1.29, 1.82) is 0 Å². The van der Waals surface area contributed by atoms with Crippen LogP contribution in [0.3, 0.4) is 0 Å². The highest BCUT2D eigenvalue weighted by atomic mass is 16.6. The molecular weight excluding hydrogens is 302 g/mol. The van der Waals surface area contributed by atoms with Gasteiger partial charge in [-0.25, -0.2) is 4.79 Å². The molecule has 1 atom stereocenters. The highest BCUT2D eigenvalue weighted by molar-refractivity contribution is 5.94. The molecular formula is C15H21N3O5. The molecule has 0 radical (unpaired) electrons. The van der Waals surface area contributed by atoms with Gasteiger partial charge in [0.25, 0.3) is 5.91 Å². The number of hydrazine groups is 1. The fourth-order valence-corrected chi connectivity index (χ4v) is 2.25. The lowest BCUT2D eigenvalue weighted by Crippen LogP contribution is -2.52. The van der Waals surface area contributed by atoms with Gasteiger partial charge in [-0.15, -0.1) is 0 Å².